The molecule has 1 aromatic heterocycles. The highest BCUT2D eigenvalue weighted by molar-refractivity contribution is 5.94. The van der Waals surface area contributed by atoms with Crippen LogP contribution in [0.3, 0.4) is 0 Å². The summed E-state index contributed by atoms with van der Waals surface area (Å²) >= 11 is 0. The molecule has 1 N–H and O–H groups in total. The van der Waals surface area contributed by atoms with Crippen molar-refractivity contribution in [1.29, 1.82) is 0 Å². The number of para-hydroxylation sites is 1. The van der Waals surface area contributed by atoms with Crippen LogP contribution in [0.1, 0.15) is 35.6 Å². The minimum atomic E-state index is -0.232. The summed E-state index contributed by atoms with van der Waals surface area (Å²) in [7, 11) is 1.53. The number of ketones is 1. The second kappa shape index (κ2) is 8.68. The van der Waals surface area contributed by atoms with E-state index in [-0.39, 0.29) is 30.2 Å². The third-order valence-corrected chi connectivity index (χ3v) is 4.77. The molecular weight excluding hydrogens is 370 g/mol. The number of likely N-dealkylation sites (N-methyl/N-ethyl adjacent to an activating group) is 1. The molecule has 0 aliphatic rings. The molecule has 0 bridgehead atoms. The Morgan fingerprint density at radius 3 is 2.62 bits per heavy atom. The fourth-order valence-electron chi connectivity index (χ4n) is 3.18. The van der Waals surface area contributed by atoms with E-state index in [1.165, 1.54) is 14.0 Å². The zero-order valence-electron chi connectivity index (χ0n) is 16.7. The number of ether oxygens (including phenoxy) is 1. The first kappa shape index (κ1) is 20.3. The molecule has 2 aromatic carbocycles. The Hall–Kier alpha value is -3.48. The number of aromatic nitrogens is 2. The number of nitrogens with zero attached hydrogens (tertiary/aromatic N) is 2. The quantitative estimate of drug-likeness (QED) is 0.623. The van der Waals surface area contributed by atoms with E-state index >= 15 is 0 Å². The van der Waals surface area contributed by atoms with Crippen molar-refractivity contribution in [3.05, 3.63) is 69.8 Å². The molecule has 0 aliphatic heterocycles. The first-order valence-electron chi connectivity index (χ1n) is 9.36. The molecule has 7 heteroatoms. The molecule has 7 nitrogen and oxygen atoms in total. The van der Waals surface area contributed by atoms with Gasteiger partial charge >= 0.3 is 0 Å². The lowest BCUT2D eigenvalue weighted by molar-refractivity contribution is -0.131. The summed E-state index contributed by atoms with van der Waals surface area (Å²) in [6, 6.07) is 12.1. The van der Waals surface area contributed by atoms with Gasteiger partial charge in [-0.2, -0.15) is 0 Å². The van der Waals surface area contributed by atoms with Crippen molar-refractivity contribution >= 4 is 22.6 Å². The third kappa shape index (κ3) is 4.51. The SMILES string of the molecule is CCN(Cc1nc2ccccc2c(=O)[nH]1)C(=O)Cc1cc(C(C)=O)ccc1OC. The lowest BCUT2D eigenvalue weighted by atomic mass is 10.0. The van der Waals surface area contributed by atoms with Gasteiger partial charge in [0.2, 0.25) is 5.91 Å². The van der Waals surface area contributed by atoms with Crippen LogP contribution in [-0.2, 0) is 17.8 Å². The summed E-state index contributed by atoms with van der Waals surface area (Å²) in [4.78, 5) is 45.7. The van der Waals surface area contributed by atoms with Crippen molar-refractivity contribution in [1.82, 2.24) is 14.9 Å². The van der Waals surface area contributed by atoms with Crippen molar-refractivity contribution in [2.24, 2.45) is 0 Å². The standard InChI is InChI=1S/C22H23N3O4/c1-4-25(13-20-23-18-8-6-5-7-17(18)22(28)24-20)21(27)12-16-11-15(14(2)26)9-10-19(16)29-3/h5-11H,4,12-13H2,1-3H3,(H,23,24,28). The minimum Gasteiger partial charge on any atom is -0.496 e. The normalized spacial score (nSPS) is 10.7. The number of methoxy groups -OCH3 is 1. The summed E-state index contributed by atoms with van der Waals surface area (Å²) in [6.07, 6.45) is 0.0793. The van der Waals surface area contributed by atoms with Gasteiger partial charge in [0.15, 0.2) is 5.78 Å². The van der Waals surface area contributed by atoms with Gasteiger partial charge in [-0.25, -0.2) is 4.98 Å². The van der Waals surface area contributed by atoms with Gasteiger partial charge in [0.25, 0.3) is 5.56 Å². The lowest BCUT2D eigenvalue weighted by Crippen LogP contribution is -2.33. The topological polar surface area (TPSA) is 92.4 Å². The van der Waals surface area contributed by atoms with Gasteiger partial charge in [-0.3, -0.25) is 14.4 Å². The van der Waals surface area contributed by atoms with Gasteiger partial charge in [-0.05, 0) is 44.2 Å². The smallest absolute Gasteiger partial charge is 0.258 e. The largest absolute Gasteiger partial charge is 0.496 e. The van der Waals surface area contributed by atoms with Crippen LogP contribution < -0.4 is 10.3 Å². The Labute approximate surface area is 168 Å². The highest BCUT2D eigenvalue weighted by Crippen LogP contribution is 2.22. The lowest BCUT2D eigenvalue weighted by Gasteiger charge is -2.21. The number of nitrogens with one attached hydrogen (secondary N) is 1. The maximum atomic E-state index is 12.9. The molecule has 1 amide bonds. The van der Waals surface area contributed by atoms with E-state index < -0.39 is 0 Å². The van der Waals surface area contributed by atoms with Gasteiger partial charge in [-0.1, -0.05) is 12.1 Å². The molecule has 0 atom stereocenters. The highest BCUT2D eigenvalue weighted by atomic mass is 16.5. The number of H-pyrrole nitrogens is 1. The van der Waals surface area contributed by atoms with E-state index in [9.17, 15) is 14.4 Å². The maximum Gasteiger partial charge on any atom is 0.258 e. The van der Waals surface area contributed by atoms with Gasteiger partial charge in [0.1, 0.15) is 11.6 Å². The predicted octanol–water partition coefficient (Wildman–Crippen LogP) is 2.73. The first-order chi connectivity index (χ1) is 13.9. The van der Waals surface area contributed by atoms with E-state index in [1.54, 1.807) is 41.3 Å². The Bertz CT molecular complexity index is 1120. The van der Waals surface area contributed by atoms with Crippen molar-refractivity contribution in [2.75, 3.05) is 13.7 Å². The molecule has 3 aromatic rings. The number of carbonyl (C=O) groups excluding carboxylic acids is 2. The summed E-state index contributed by atoms with van der Waals surface area (Å²) < 4.78 is 5.33. The van der Waals surface area contributed by atoms with Crippen LogP contribution in [0.25, 0.3) is 10.9 Å². The Morgan fingerprint density at radius 2 is 1.93 bits per heavy atom. The van der Waals surface area contributed by atoms with E-state index in [2.05, 4.69) is 9.97 Å². The van der Waals surface area contributed by atoms with Crippen molar-refractivity contribution < 1.29 is 14.3 Å². The number of rotatable bonds is 7. The van der Waals surface area contributed by atoms with E-state index in [0.29, 0.717) is 40.1 Å². The summed E-state index contributed by atoms with van der Waals surface area (Å²) in [5.41, 5.74) is 1.52. The molecule has 3 rings (SSSR count). The molecular formula is C22H23N3O4. The Kier molecular flexibility index (Phi) is 6.07. The average Bonchev–Trinajstić information content (AvgIpc) is 2.71. The Balaban J connectivity index is 1.84. The molecule has 0 saturated heterocycles. The van der Waals surface area contributed by atoms with Crippen LogP contribution in [0.4, 0.5) is 0 Å². The molecule has 0 fully saturated rings. The number of benzene rings is 2. The zero-order chi connectivity index (χ0) is 21.0. The molecule has 0 spiro atoms. The monoisotopic (exact) mass is 393 g/mol. The second-order valence-corrected chi connectivity index (χ2v) is 6.70. The molecule has 0 saturated carbocycles. The van der Waals surface area contributed by atoms with Crippen molar-refractivity contribution in [3.63, 3.8) is 0 Å². The molecule has 0 unspecified atom stereocenters. The number of hydrogen-bond acceptors (Lipinski definition) is 5. The number of carbonyl (C=O) groups is 2. The van der Waals surface area contributed by atoms with Crippen LogP contribution in [0.5, 0.6) is 5.75 Å². The predicted molar refractivity (Wildman–Crippen MR) is 110 cm³/mol. The average molecular weight is 393 g/mol. The fraction of sp³-hybridized carbons (Fsp3) is 0.273. The summed E-state index contributed by atoms with van der Waals surface area (Å²) in [5.74, 6) is 0.749. The summed E-state index contributed by atoms with van der Waals surface area (Å²) in [6.45, 7) is 3.97. The number of aromatic amines is 1. The number of hydrogen-bond donors (Lipinski definition) is 1. The van der Waals surface area contributed by atoms with Crippen LogP contribution in [0.15, 0.2) is 47.3 Å². The Morgan fingerprint density at radius 1 is 1.17 bits per heavy atom. The minimum absolute atomic E-state index is 0.0772. The molecule has 1 heterocycles. The number of Topliss-reactive ketones (excluding diaryl/α,β-unsaturated/α-hetero) is 1. The molecule has 150 valence electrons. The van der Waals surface area contributed by atoms with Crippen molar-refractivity contribution in [2.45, 2.75) is 26.8 Å². The highest BCUT2D eigenvalue weighted by Gasteiger charge is 2.18. The number of fused-ring (bicyclic) bond motifs is 1. The van der Waals surface area contributed by atoms with Gasteiger partial charge in [0.05, 0.1) is 31.0 Å². The van der Waals surface area contributed by atoms with Crippen LogP contribution >= 0.6 is 0 Å². The van der Waals surface area contributed by atoms with Crippen LogP contribution in [0.2, 0.25) is 0 Å². The third-order valence-electron chi connectivity index (χ3n) is 4.77. The first-order valence-corrected chi connectivity index (χ1v) is 9.36. The van der Waals surface area contributed by atoms with Crippen LogP contribution in [-0.4, -0.2) is 40.2 Å². The van der Waals surface area contributed by atoms with E-state index in [0.717, 1.165) is 0 Å². The molecule has 0 aliphatic carbocycles. The maximum absolute atomic E-state index is 12.9. The number of amides is 1. The van der Waals surface area contributed by atoms with Crippen LogP contribution in [0, 0.1) is 0 Å². The summed E-state index contributed by atoms with van der Waals surface area (Å²) in [5, 5.41) is 0.511. The van der Waals surface area contributed by atoms with E-state index in [1.807, 2.05) is 13.0 Å². The van der Waals surface area contributed by atoms with Gasteiger partial charge < -0.3 is 14.6 Å². The van der Waals surface area contributed by atoms with E-state index in [4.69, 9.17) is 4.74 Å². The second-order valence-electron chi connectivity index (χ2n) is 6.70. The molecule has 29 heavy (non-hydrogen) atoms. The zero-order valence-corrected chi connectivity index (χ0v) is 16.7. The van der Waals surface area contributed by atoms with Crippen molar-refractivity contribution in [3.8, 4) is 5.75 Å². The van der Waals surface area contributed by atoms with Gasteiger partial charge in [0, 0.05) is 17.7 Å². The fourth-order valence-corrected chi connectivity index (χ4v) is 3.18. The van der Waals surface area contributed by atoms with Gasteiger partial charge in [-0.15, -0.1) is 0 Å². The molecule has 0 radical (unpaired) electrons.